The first-order valence-electron chi connectivity index (χ1n) is 6.46. The van der Waals surface area contributed by atoms with Crippen molar-refractivity contribution < 1.29 is 4.79 Å². The highest BCUT2D eigenvalue weighted by Crippen LogP contribution is 2.10. The summed E-state index contributed by atoms with van der Waals surface area (Å²) >= 11 is 1.82. The van der Waals surface area contributed by atoms with E-state index in [0.29, 0.717) is 17.9 Å². The van der Waals surface area contributed by atoms with Crippen LogP contribution in [0, 0.1) is 0 Å². The van der Waals surface area contributed by atoms with E-state index in [4.69, 9.17) is 5.84 Å². The maximum Gasteiger partial charge on any atom is 0.251 e. The molecule has 0 fully saturated rings. The minimum absolute atomic E-state index is 0.0715. The van der Waals surface area contributed by atoms with Crippen molar-refractivity contribution in [2.24, 2.45) is 5.84 Å². The minimum atomic E-state index is -0.0715. The molecule has 0 aromatic carbocycles. The SMILES string of the molecule is CCc1cc(C(=O)NCCCCSC)cc(NN)n1. The van der Waals surface area contributed by atoms with Gasteiger partial charge in [-0.15, -0.1) is 0 Å². The van der Waals surface area contributed by atoms with Crippen LogP contribution in [0.2, 0.25) is 0 Å². The van der Waals surface area contributed by atoms with Crippen molar-refractivity contribution >= 4 is 23.5 Å². The molecule has 0 spiro atoms. The van der Waals surface area contributed by atoms with E-state index < -0.39 is 0 Å². The molecule has 0 aliphatic heterocycles. The lowest BCUT2D eigenvalue weighted by Crippen LogP contribution is -2.25. The van der Waals surface area contributed by atoms with Gasteiger partial charge in [-0.3, -0.25) is 4.79 Å². The molecule has 0 aliphatic rings. The number of rotatable bonds is 8. The summed E-state index contributed by atoms with van der Waals surface area (Å²) in [6.07, 6.45) is 4.97. The number of nitrogen functional groups attached to an aromatic ring is 1. The molecule has 0 saturated heterocycles. The van der Waals surface area contributed by atoms with E-state index in [1.165, 1.54) is 0 Å². The van der Waals surface area contributed by atoms with Gasteiger partial charge in [0.1, 0.15) is 5.82 Å². The van der Waals surface area contributed by atoms with Crippen LogP contribution in [-0.2, 0) is 6.42 Å². The van der Waals surface area contributed by atoms with Crippen LogP contribution >= 0.6 is 11.8 Å². The van der Waals surface area contributed by atoms with Gasteiger partial charge in [0.2, 0.25) is 0 Å². The quantitative estimate of drug-likeness (QED) is 0.385. The Morgan fingerprint density at radius 1 is 1.42 bits per heavy atom. The van der Waals surface area contributed by atoms with E-state index in [0.717, 1.165) is 30.7 Å². The second-order valence-electron chi connectivity index (χ2n) is 4.19. The second kappa shape index (κ2) is 8.77. The molecule has 6 heteroatoms. The number of carbonyl (C=O) groups is 1. The summed E-state index contributed by atoms with van der Waals surface area (Å²) in [5, 5.41) is 2.92. The van der Waals surface area contributed by atoms with E-state index in [2.05, 4.69) is 22.0 Å². The van der Waals surface area contributed by atoms with Crippen LogP contribution in [0.5, 0.6) is 0 Å². The number of thioether (sulfide) groups is 1. The maximum atomic E-state index is 12.0. The smallest absolute Gasteiger partial charge is 0.251 e. The Hall–Kier alpha value is -1.27. The molecule has 1 aromatic heterocycles. The summed E-state index contributed by atoms with van der Waals surface area (Å²) in [6.45, 7) is 2.70. The van der Waals surface area contributed by atoms with Gasteiger partial charge in [0, 0.05) is 17.8 Å². The average Bonchev–Trinajstić information content (AvgIpc) is 2.46. The van der Waals surface area contributed by atoms with Gasteiger partial charge in [-0.05, 0) is 43.4 Å². The molecule has 5 nitrogen and oxygen atoms in total. The van der Waals surface area contributed by atoms with Crippen LogP contribution in [0.15, 0.2) is 12.1 Å². The minimum Gasteiger partial charge on any atom is -0.352 e. The molecule has 1 aromatic rings. The first-order valence-corrected chi connectivity index (χ1v) is 7.85. The van der Waals surface area contributed by atoms with Crippen molar-refractivity contribution in [2.45, 2.75) is 26.2 Å². The lowest BCUT2D eigenvalue weighted by atomic mass is 10.2. The fourth-order valence-corrected chi connectivity index (χ4v) is 2.14. The first-order chi connectivity index (χ1) is 9.21. The molecule has 106 valence electrons. The fraction of sp³-hybridized carbons (Fsp3) is 0.538. The number of hydrazine groups is 1. The van der Waals surface area contributed by atoms with Gasteiger partial charge in [-0.2, -0.15) is 11.8 Å². The third-order valence-corrected chi connectivity index (χ3v) is 3.41. The molecule has 19 heavy (non-hydrogen) atoms. The summed E-state index contributed by atoms with van der Waals surface area (Å²) < 4.78 is 0. The summed E-state index contributed by atoms with van der Waals surface area (Å²) in [7, 11) is 0. The molecule has 0 unspecified atom stereocenters. The van der Waals surface area contributed by atoms with Crippen molar-refractivity contribution in [3.8, 4) is 0 Å². The zero-order valence-corrected chi connectivity index (χ0v) is 12.3. The van der Waals surface area contributed by atoms with Crippen LogP contribution < -0.4 is 16.6 Å². The van der Waals surface area contributed by atoms with Crippen molar-refractivity contribution in [3.63, 3.8) is 0 Å². The molecule has 1 heterocycles. The molecule has 1 rings (SSSR count). The second-order valence-corrected chi connectivity index (χ2v) is 5.17. The van der Waals surface area contributed by atoms with Crippen LogP contribution in [0.4, 0.5) is 5.82 Å². The average molecular weight is 282 g/mol. The molecule has 4 N–H and O–H groups in total. The number of aromatic nitrogens is 1. The van der Waals surface area contributed by atoms with E-state index in [9.17, 15) is 4.79 Å². The highest BCUT2D eigenvalue weighted by molar-refractivity contribution is 7.98. The molecule has 0 aliphatic carbocycles. The molecule has 0 atom stereocenters. The Morgan fingerprint density at radius 3 is 2.84 bits per heavy atom. The lowest BCUT2D eigenvalue weighted by Gasteiger charge is -2.08. The predicted molar refractivity (Wildman–Crippen MR) is 81.4 cm³/mol. The number of hydrogen-bond donors (Lipinski definition) is 3. The third-order valence-electron chi connectivity index (χ3n) is 2.71. The first kappa shape index (κ1) is 15.8. The standard InChI is InChI=1S/C13H22N4OS/c1-3-11-8-10(9-12(16-11)17-14)13(18)15-6-4-5-7-19-2/h8-9H,3-7,14H2,1-2H3,(H,15,18)(H,16,17). The topological polar surface area (TPSA) is 80.0 Å². The highest BCUT2D eigenvalue weighted by atomic mass is 32.2. The molecule has 0 radical (unpaired) electrons. The van der Waals surface area contributed by atoms with Gasteiger partial charge >= 0.3 is 0 Å². The van der Waals surface area contributed by atoms with Crippen molar-refractivity contribution in [1.29, 1.82) is 0 Å². The van der Waals surface area contributed by atoms with Crippen molar-refractivity contribution in [3.05, 3.63) is 23.4 Å². The molecule has 0 saturated carbocycles. The van der Waals surface area contributed by atoms with Gasteiger partial charge in [0.15, 0.2) is 0 Å². The fourth-order valence-electron chi connectivity index (χ4n) is 1.65. The Kier molecular flexibility index (Phi) is 7.28. The number of carbonyl (C=O) groups excluding carboxylic acids is 1. The lowest BCUT2D eigenvalue weighted by molar-refractivity contribution is 0.0953. The number of nitrogens with two attached hydrogens (primary N) is 1. The zero-order chi connectivity index (χ0) is 14.1. The summed E-state index contributed by atoms with van der Waals surface area (Å²) in [5.74, 6) is 6.93. The maximum absolute atomic E-state index is 12.0. The van der Waals surface area contributed by atoms with E-state index >= 15 is 0 Å². The Bertz CT molecular complexity index is 389. The number of nitrogens with one attached hydrogen (secondary N) is 2. The highest BCUT2D eigenvalue weighted by Gasteiger charge is 2.08. The van der Waals surface area contributed by atoms with Crippen LogP contribution in [0.25, 0.3) is 0 Å². The number of nitrogens with zero attached hydrogens (tertiary/aromatic N) is 1. The molecular weight excluding hydrogens is 260 g/mol. The van der Waals surface area contributed by atoms with Gasteiger partial charge in [0.05, 0.1) is 0 Å². The van der Waals surface area contributed by atoms with Crippen molar-refractivity contribution in [2.75, 3.05) is 24.0 Å². The predicted octanol–water partition coefficient (Wildman–Crippen LogP) is 1.80. The van der Waals surface area contributed by atoms with Gasteiger partial charge < -0.3 is 10.7 Å². The Labute approximate surface area is 118 Å². The number of unbranched alkanes of at least 4 members (excludes halogenated alkanes) is 1. The largest absolute Gasteiger partial charge is 0.352 e. The van der Waals surface area contributed by atoms with Gasteiger partial charge in [-0.25, -0.2) is 10.8 Å². The van der Waals surface area contributed by atoms with Crippen LogP contribution in [0.3, 0.4) is 0 Å². The Morgan fingerprint density at radius 2 is 2.21 bits per heavy atom. The monoisotopic (exact) mass is 282 g/mol. The van der Waals surface area contributed by atoms with E-state index in [-0.39, 0.29) is 5.91 Å². The molecular formula is C13H22N4OS. The summed E-state index contributed by atoms with van der Waals surface area (Å²) in [6, 6.07) is 3.47. The van der Waals surface area contributed by atoms with Gasteiger partial charge in [0.25, 0.3) is 5.91 Å². The molecule has 0 bridgehead atoms. The number of hydrogen-bond acceptors (Lipinski definition) is 5. The zero-order valence-electron chi connectivity index (χ0n) is 11.5. The number of pyridine rings is 1. The summed E-state index contributed by atoms with van der Waals surface area (Å²) in [4.78, 5) is 16.3. The third kappa shape index (κ3) is 5.48. The normalized spacial score (nSPS) is 10.3. The van der Waals surface area contributed by atoms with Crippen LogP contribution in [0.1, 0.15) is 35.8 Å². The van der Waals surface area contributed by atoms with E-state index in [1.54, 1.807) is 12.1 Å². The van der Waals surface area contributed by atoms with Gasteiger partial charge in [-0.1, -0.05) is 6.92 Å². The van der Waals surface area contributed by atoms with Crippen LogP contribution in [-0.4, -0.2) is 29.4 Å². The van der Waals surface area contributed by atoms with Crippen molar-refractivity contribution in [1.82, 2.24) is 10.3 Å². The Balaban J connectivity index is 2.55. The van der Waals surface area contributed by atoms with E-state index in [1.807, 2.05) is 18.7 Å². The summed E-state index contributed by atoms with van der Waals surface area (Å²) in [5.41, 5.74) is 3.94. The number of amides is 1. The number of anilines is 1. The number of aryl methyl sites for hydroxylation is 1. The molecule has 1 amide bonds.